The number of ketones is 1. The predicted octanol–water partition coefficient (Wildman–Crippen LogP) is 0.130. The number of aldehydes is 1. The quantitative estimate of drug-likeness (QED) is 0.493. The fraction of sp³-hybridized carbons (Fsp3) is 0.786. The summed E-state index contributed by atoms with van der Waals surface area (Å²) in [7, 11) is 0. The molecule has 0 aromatic rings. The maximum absolute atomic E-state index is 12.3. The molecular weight excluding hydrogens is 258 g/mol. The fourth-order valence-corrected chi connectivity index (χ4v) is 2.07. The molecule has 0 aromatic carbocycles. The molecule has 0 aromatic heterocycles. The van der Waals surface area contributed by atoms with Crippen molar-refractivity contribution >= 4 is 18.0 Å². The lowest BCUT2D eigenvalue weighted by molar-refractivity contribution is -0.127. The molecule has 0 aliphatic carbocycles. The molecule has 6 nitrogen and oxygen atoms in total. The number of nitrogens with two attached hydrogens (primary N) is 2. The molecule has 0 aliphatic heterocycles. The Hall–Kier alpha value is -1.27. The first-order chi connectivity index (χ1) is 9.11. The van der Waals surface area contributed by atoms with E-state index in [4.69, 9.17) is 11.5 Å². The summed E-state index contributed by atoms with van der Waals surface area (Å²) in [5.41, 5.74) is 10.2. The summed E-state index contributed by atoms with van der Waals surface area (Å²) in [5.74, 6) is -0.440. The summed E-state index contributed by atoms with van der Waals surface area (Å²) in [6, 6.07) is -1.30. The number of Topliss-reactive ketones (excluding diaryl/α,β-unsaturated/α-hetero) is 1. The van der Waals surface area contributed by atoms with E-state index in [1.54, 1.807) is 13.8 Å². The highest BCUT2D eigenvalue weighted by Gasteiger charge is 2.35. The van der Waals surface area contributed by atoms with E-state index in [1.165, 1.54) is 0 Å². The first-order valence-electron chi connectivity index (χ1n) is 6.92. The predicted molar refractivity (Wildman–Crippen MR) is 77.9 cm³/mol. The smallest absolute Gasteiger partial charge is 0.234 e. The topological polar surface area (TPSA) is 115 Å². The Morgan fingerprint density at radius 3 is 2.25 bits per heavy atom. The zero-order valence-corrected chi connectivity index (χ0v) is 12.8. The second-order valence-corrected chi connectivity index (χ2v) is 6.07. The van der Waals surface area contributed by atoms with Crippen molar-refractivity contribution in [2.45, 2.75) is 64.6 Å². The Bertz CT molecular complexity index is 354. The molecule has 0 saturated heterocycles. The molecule has 0 heterocycles. The first-order valence-corrected chi connectivity index (χ1v) is 6.92. The molecule has 0 rings (SSSR count). The molecule has 0 spiro atoms. The lowest BCUT2D eigenvalue weighted by atomic mass is 9.89. The van der Waals surface area contributed by atoms with Crippen LogP contribution in [0.3, 0.4) is 0 Å². The van der Waals surface area contributed by atoms with Crippen LogP contribution in [0.4, 0.5) is 0 Å². The number of hydrogen-bond donors (Lipinski definition) is 3. The molecule has 6 heteroatoms. The van der Waals surface area contributed by atoms with E-state index in [-0.39, 0.29) is 18.1 Å². The van der Waals surface area contributed by atoms with Crippen LogP contribution in [0.1, 0.15) is 47.0 Å². The third kappa shape index (κ3) is 6.25. The maximum Gasteiger partial charge on any atom is 0.234 e. The van der Waals surface area contributed by atoms with E-state index in [0.717, 1.165) is 6.29 Å². The number of nitrogens with one attached hydrogen (secondary N) is 1. The van der Waals surface area contributed by atoms with Crippen molar-refractivity contribution in [2.24, 2.45) is 17.4 Å². The molecule has 116 valence electrons. The van der Waals surface area contributed by atoms with Gasteiger partial charge in [-0.25, -0.2) is 0 Å². The van der Waals surface area contributed by atoms with Gasteiger partial charge in [-0.3, -0.25) is 14.9 Å². The third-order valence-electron chi connectivity index (χ3n) is 3.13. The van der Waals surface area contributed by atoms with Crippen LogP contribution >= 0.6 is 0 Å². The Balaban J connectivity index is 4.79. The van der Waals surface area contributed by atoms with Crippen LogP contribution in [0.25, 0.3) is 0 Å². The summed E-state index contributed by atoms with van der Waals surface area (Å²) >= 11 is 0. The van der Waals surface area contributed by atoms with Gasteiger partial charge in [-0.1, -0.05) is 13.8 Å². The molecule has 0 fully saturated rings. The summed E-state index contributed by atoms with van der Waals surface area (Å²) in [4.78, 5) is 34.0. The highest BCUT2D eigenvalue weighted by molar-refractivity contribution is 5.93. The van der Waals surface area contributed by atoms with Crippen LogP contribution in [0.15, 0.2) is 0 Å². The molecule has 1 amide bonds. The molecular formula is C14H27N3O3. The van der Waals surface area contributed by atoms with Gasteiger partial charge in [0, 0.05) is 6.42 Å². The van der Waals surface area contributed by atoms with Crippen LogP contribution in [0.2, 0.25) is 0 Å². The maximum atomic E-state index is 12.3. The average Bonchev–Trinajstić information content (AvgIpc) is 2.33. The van der Waals surface area contributed by atoms with Gasteiger partial charge < -0.3 is 16.3 Å². The van der Waals surface area contributed by atoms with Gasteiger partial charge in [-0.05, 0) is 32.6 Å². The number of carbonyl (C=O) groups is 3. The molecule has 20 heavy (non-hydrogen) atoms. The van der Waals surface area contributed by atoms with E-state index >= 15 is 0 Å². The SMILES string of the molecule is CC(C)CC(NC(C)(C)C(=O)C(N)CCC=O)C(N)=O. The summed E-state index contributed by atoms with van der Waals surface area (Å²) in [5, 5.41) is 2.99. The van der Waals surface area contributed by atoms with Gasteiger partial charge in [0.15, 0.2) is 5.78 Å². The number of amides is 1. The first kappa shape index (κ1) is 18.7. The lowest BCUT2D eigenvalue weighted by Crippen LogP contribution is -2.59. The lowest BCUT2D eigenvalue weighted by Gasteiger charge is -2.32. The highest BCUT2D eigenvalue weighted by atomic mass is 16.2. The van der Waals surface area contributed by atoms with Crippen molar-refractivity contribution in [1.29, 1.82) is 0 Å². The van der Waals surface area contributed by atoms with Crippen LogP contribution < -0.4 is 16.8 Å². The van der Waals surface area contributed by atoms with Crippen LogP contribution in [0.5, 0.6) is 0 Å². The Kier molecular flexibility index (Phi) is 7.60. The Labute approximate surface area is 120 Å². The molecule has 0 saturated carbocycles. The number of primary amides is 1. The largest absolute Gasteiger partial charge is 0.368 e. The van der Waals surface area contributed by atoms with Crippen LogP contribution in [-0.2, 0) is 14.4 Å². The van der Waals surface area contributed by atoms with Crippen molar-refractivity contribution in [3.8, 4) is 0 Å². The zero-order valence-electron chi connectivity index (χ0n) is 12.8. The third-order valence-corrected chi connectivity index (χ3v) is 3.13. The molecule has 0 bridgehead atoms. The second kappa shape index (κ2) is 8.11. The van der Waals surface area contributed by atoms with Gasteiger partial charge in [0.1, 0.15) is 6.29 Å². The van der Waals surface area contributed by atoms with Crippen LogP contribution in [0, 0.1) is 5.92 Å². The van der Waals surface area contributed by atoms with Gasteiger partial charge >= 0.3 is 0 Å². The van der Waals surface area contributed by atoms with E-state index in [9.17, 15) is 14.4 Å². The van der Waals surface area contributed by atoms with Crippen LogP contribution in [-0.4, -0.2) is 35.6 Å². The second-order valence-electron chi connectivity index (χ2n) is 6.07. The number of carbonyl (C=O) groups excluding carboxylic acids is 3. The summed E-state index contributed by atoms with van der Waals surface area (Å²) < 4.78 is 0. The van der Waals surface area contributed by atoms with Gasteiger partial charge in [-0.2, -0.15) is 0 Å². The van der Waals surface area contributed by atoms with Gasteiger partial charge in [0.05, 0.1) is 17.6 Å². The highest BCUT2D eigenvalue weighted by Crippen LogP contribution is 2.13. The monoisotopic (exact) mass is 285 g/mol. The summed E-state index contributed by atoms with van der Waals surface area (Å²) in [6.45, 7) is 7.29. The molecule has 0 radical (unpaired) electrons. The van der Waals surface area contributed by atoms with Crippen molar-refractivity contribution in [1.82, 2.24) is 5.32 Å². The molecule has 2 atom stereocenters. The zero-order chi connectivity index (χ0) is 15.9. The average molecular weight is 285 g/mol. The minimum atomic E-state index is -0.961. The van der Waals surface area contributed by atoms with E-state index in [0.29, 0.717) is 12.8 Å². The molecule has 2 unspecified atom stereocenters. The van der Waals surface area contributed by atoms with Crippen molar-refractivity contribution in [2.75, 3.05) is 0 Å². The molecule has 0 aliphatic rings. The number of rotatable bonds is 10. The Morgan fingerprint density at radius 2 is 1.85 bits per heavy atom. The number of hydrogen-bond acceptors (Lipinski definition) is 5. The van der Waals surface area contributed by atoms with Gasteiger partial charge in [0.25, 0.3) is 0 Å². The van der Waals surface area contributed by atoms with Crippen molar-refractivity contribution in [3.05, 3.63) is 0 Å². The minimum Gasteiger partial charge on any atom is -0.368 e. The normalized spacial score (nSPS) is 14.9. The van der Waals surface area contributed by atoms with Crippen molar-refractivity contribution < 1.29 is 14.4 Å². The van der Waals surface area contributed by atoms with Gasteiger partial charge in [-0.15, -0.1) is 0 Å². The van der Waals surface area contributed by atoms with E-state index in [1.807, 2.05) is 13.8 Å². The van der Waals surface area contributed by atoms with E-state index < -0.39 is 23.5 Å². The summed E-state index contributed by atoms with van der Waals surface area (Å²) in [6.07, 6.45) is 1.83. The standard InChI is InChI=1S/C14H27N3O3/c1-9(2)8-11(13(16)20)17-14(3,4)12(19)10(15)6-5-7-18/h7,9-11,17H,5-6,8,15H2,1-4H3,(H2,16,20). The van der Waals surface area contributed by atoms with Crippen molar-refractivity contribution in [3.63, 3.8) is 0 Å². The molecule has 5 N–H and O–H groups in total. The van der Waals surface area contributed by atoms with E-state index in [2.05, 4.69) is 5.32 Å². The van der Waals surface area contributed by atoms with Gasteiger partial charge in [0.2, 0.25) is 5.91 Å². The minimum absolute atomic E-state index is 0.227. The fourth-order valence-electron chi connectivity index (χ4n) is 2.07. The Morgan fingerprint density at radius 1 is 1.30 bits per heavy atom.